The van der Waals surface area contributed by atoms with Gasteiger partial charge in [0, 0.05) is 23.3 Å². The summed E-state index contributed by atoms with van der Waals surface area (Å²) in [6.07, 6.45) is 0.728. The van der Waals surface area contributed by atoms with Crippen LogP contribution in [0.2, 0.25) is 0 Å². The maximum absolute atomic E-state index is 13.0. The number of carbonyl (C=O) groups excluding carboxylic acids is 2. The molecule has 1 atom stereocenters. The normalized spacial score (nSPS) is 11.9. The van der Waals surface area contributed by atoms with E-state index in [1.54, 1.807) is 16.7 Å². The first-order valence-electron chi connectivity index (χ1n) is 10.3. The number of amides is 2. The minimum absolute atomic E-state index is 0.000222. The topological polar surface area (TPSA) is 49.4 Å². The molecule has 2 amide bonds. The average molecular weight is 491 g/mol. The molecule has 0 saturated carbocycles. The Morgan fingerprint density at radius 3 is 2.30 bits per heavy atom. The van der Waals surface area contributed by atoms with E-state index in [9.17, 15) is 9.59 Å². The summed E-state index contributed by atoms with van der Waals surface area (Å²) < 4.78 is 1.04. The van der Waals surface area contributed by atoms with Crippen LogP contribution in [-0.4, -0.2) is 41.6 Å². The van der Waals surface area contributed by atoms with Gasteiger partial charge in [-0.25, -0.2) is 0 Å². The Bertz CT molecular complexity index is 797. The summed E-state index contributed by atoms with van der Waals surface area (Å²) in [7, 11) is 0. The first-order valence-corrected chi connectivity index (χ1v) is 12.2. The monoisotopic (exact) mass is 490 g/mol. The number of hydrogen-bond donors (Lipinski definition) is 1. The molecule has 0 bridgehead atoms. The third-order valence-electron chi connectivity index (χ3n) is 4.74. The smallest absolute Gasteiger partial charge is 0.242 e. The summed E-state index contributed by atoms with van der Waals surface area (Å²) in [6, 6.07) is 17.7. The van der Waals surface area contributed by atoms with Crippen molar-refractivity contribution in [3.63, 3.8) is 0 Å². The van der Waals surface area contributed by atoms with E-state index in [1.807, 2.05) is 37.3 Å². The lowest BCUT2D eigenvalue weighted by atomic mass is 10.1. The molecule has 0 fully saturated rings. The van der Waals surface area contributed by atoms with Gasteiger partial charge >= 0.3 is 0 Å². The highest BCUT2D eigenvalue weighted by Crippen LogP contribution is 2.17. The van der Waals surface area contributed by atoms with Gasteiger partial charge in [0.05, 0.1) is 5.75 Å². The predicted molar refractivity (Wildman–Crippen MR) is 129 cm³/mol. The lowest BCUT2D eigenvalue weighted by molar-refractivity contribution is -0.138. The second kappa shape index (κ2) is 12.8. The fourth-order valence-corrected chi connectivity index (χ4v) is 4.08. The molecule has 0 aromatic heterocycles. The van der Waals surface area contributed by atoms with Crippen molar-refractivity contribution in [2.24, 2.45) is 5.92 Å². The van der Waals surface area contributed by atoms with E-state index < -0.39 is 6.04 Å². The number of thioether (sulfide) groups is 1. The van der Waals surface area contributed by atoms with E-state index in [4.69, 9.17) is 0 Å². The first kappa shape index (κ1) is 24.5. The van der Waals surface area contributed by atoms with Crippen molar-refractivity contribution < 1.29 is 9.59 Å². The molecule has 162 valence electrons. The van der Waals surface area contributed by atoms with Crippen molar-refractivity contribution in [1.82, 2.24) is 10.2 Å². The van der Waals surface area contributed by atoms with Crippen LogP contribution in [0.5, 0.6) is 0 Å². The highest BCUT2D eigenvalue weighted by atomic mass is 79.9. The van der Waals surface area contributed by atoms with Crippen LogP contribution >= 0.6 is 27.7 Å². The summed E-state index contributed by atoms with van der Waals surface area (Å²) in [5, 5.41) is 2.96. The van der Waals surface area contributed by atoms with Gasteiger partial charge in [-0.3, -0.25) is 9.59 Å². The highest BCUT2D eigenvalue weighted by molar-refractivity contribution is 9.10. The molecule has 2 aromatic carbocycles. The van der Waals surface area contributed by atoms with E-state index >= 15 is 0 Å². The van der Waals surface area contributed by atoms with E-state index in [0.29, 0.717) is 24.8 Å². The van der Waals surface area contributed by atoms with E-state index in [1.165, 1.54) is 5.56 Å². The fraction of sp³-hybridized carbons (Fsp3) is 0.417. The fourth-order valence-electron chi connectivity index (χ4n) is 2.94. The molecular weight excluding hydrogens is 460 g/mol. The van der Waals surface area contributed by atoms with Crippen molar-refractivity contribution in [3.05, 3.63) is 70.2 Å². The van der Waals surface area contributed by atoms with Crippen molar-refractivity contribution >= 4 is 39.5 Å². The third kappa shape index (κ3) is 8.52. The van der Waals surface area contributed by atoms with Crippen molar-refractivity contribution in [2.75, 3.05) is 18.8 Å². The third-order valence-corrected chi connectivity index (χ3v) is 6.26. The Balaban J connectivity index is 1.97. The number of hydrogen-bond acceptors (Lipinski definition) is 3. The molecule has 0 aliphatic heterocycles. The predicted octanol–water partition coefficient (Wildman–Crippen LogP) is 4.91. The molecular formula is C24H31BrN2O2S. The maximum Gasteiger partial charge on any atom is 0.242 e. The van der Waals surface area contributed by atoms with Crippen molar-refractivity contribution in [3.8, 4) is 0 Å². The van der Waals surface area contributed by atoms with E-state index in [2.05, 4.69) is 59.4 Å². The number of carbonyl (C=O) groups is 2. The Morgan fingerprint density at radius 1 is 1.00 bits per heavy atom. The van der Waals surface area contributed by atoms with Crippen LogP contribution in [0.1, 0.15) is 31.9 Å². The Hall–Kier alpha value is -1.79. The molecule has 0 saturated heterocycles. The highest BCUT2D eigenvalue weighted by Gasteiger charge is 2.25. The summed E-state index contributed by atoms with van der Waals surface area (Å²) in [4.78, 5) is 27.3. The lowest BCUT2D eigenvalue weighted by Gasteiger charge is -2.29. The zero-order valence-electron chi connectivity index (χ0n) is 17.9. The Morgan fingerprint density at radius 2 is 1.67 bits per heavy atom. The molecule has 30 heavy (non-hydrogen) atoms. The summed E-state index contributed by atoms with van der Waals surface area (Å²) in [5.41, 5.74) is 2.34. The number of rotatable bonds is 11. The standard InChI is InChI=1S/C24H31BrN2O2S/c1-18(2)15-26-24(29)19(3)27(14-13-20-7-5-4-6-8-20)23(28)17-30-16-21-9-11-22(25)12-10-21/h4-12,18-19H,13-17H2,1-3H3,(H,26,29). The zero-order valence-corrected chi connectivity index (χ0v) is 20.3. The van der Waals surface area contributed by atoms with Gasteiger partial charge in [-0.1, -0.05) is 72.2 Å². The molecule has 2 rings (SSSR count). The van der Waals surface area contributed by atoms with Crippen LogP contribution in [0.3, 0.4) is 0 Å². The number of benzene rings is 2. The lowest BCUT2D eigenvalue weighted by Crippen LogP contribution is -2.50. The van der Waals surface area contributed by atoms with Crippen LogP contribution in [0.4, 0.5) is 0 Å². The summed E-state index contributed by atoms with van der Waals surface area (Å²) in [6.45, 7) is 7.07. The molecule has 0 aliphatic rings. The molecule has 0 aliphatic carbocycles. The van der Waals surface area contributed by atoms with Crippen molar-refractivity contribution in [1.29, 1.82) is 0 Å². The molecule has 0 radical (unpaired) electrons. The van der Waals surface area contributed by atoms with E-state index in [0.717, 1.165) is 22.2 Å². The van der Waals surface area contributed by atoms with Gasteiger partial charge in [-0.2, -0.15) is 0 Å². The molecule has 6 heteroatoms. The minimum Gasteiger partial charge on any atom is -0.354 e. The molecule has 1 N–H and O–H groups in total. The van der Waals surface area contributed by atoms with Gasteiger partial charge in [-0.15, -0.1) is 11.8 Å². The van der Waals surface area contributed by atoms with Crippen LogP contribution in [0, 0.1) is 5.92 Å². The minimum atomic E-state index is -0.492. The average Bonchev–Trinajstić information content (AvgIpc) is 2.74. The van der Waals surface area contributed by atoms with Gasteiger partial charge < -0.3 is 10.2 Å². The van der Waals surface area contributed by atoms with Gasteiger partial charge in [0.25, 0.3) is 0 Å². The SMILES string of the molecule is CC(C)CNC(=O)C(C)N(CCc1ccccc1)C(=O)CSCc1ccc(Br)cc1. The molecule has 2 aromatic rings. The van der Waals surface area contributed by atoms with Crippen LogP contribution in [0.15, 0.2) is 59.1 Å². The molecule has 1 unspecified atom stereocenters. The van der Waals surface area contributed by atoms with Crippen molar-refractivity contribution in [2.45, 2.75) is 39.0 Å². The van der Waals surface area contributed by atoms with Crippen LogP contribution in [-0.2, 0) is 21.8 Å². The summed E-state index contributed by atoms with van der Waals surface area (Å²) in [5.74, 6) is 1.39. The van der Waals surface area contributed by atoms with Gasteiger partial charge in [0.1, 0.15) is 6.04 Å². The molecule has 0 spiro atoms. The second-order valence-electron chi connectivity index (χ2n) is 7.76. The quantitative estimate of drug-likeness (QED) is 0.486. The molecule has 4 nitrogen and oxygen atoms in total. The Labute approximate surface area is 192 Å². The van der Waals surface area contributed by atoms with E-state index in [-0.39, 0.29) is 11.8 Å². The Kier molecular flexibility index (Phi) is 10.4. The number of halogens is 1. The largest absolute Gasteiger partial charge is 0.354 e. The molecule has 0 heterocycles. The number of nitrogens with one attached hydrogen (secondary N) is 1. The van der Waals surface area contributed by atoms with Gasteiger partial charge in [0.2, 0.25) is 11.8 Å². The van der Waals surface area contributed by atoms with Crippen LogP contribution < -0.4 is 5.32 Å². The maximum atomic E-state index is 13.0. The first-order chi connectivity index (χ1) is 14.4. The number of nitrogens with zero attached hydrogens (tertiary/aromatic N) is 1. The zero-order chi connectivity index (χ0) is 21.9. The second-order valence-corrected chi connectivity index (χ2v) is 9.66. The summed E-state index contributed by atoms with van der Waals surface area (Å²) >= 11 is 5.02. The van der Waals surface area contributed by atoms with Gasteiger partial charge in [-0.05, 0) is 42.5 Å². The van der Waals surface area contributed by atoms with Crippen LogP contribution in [0.25, 0.3) is 0 Å². The van der Waals surface area contributed by atoms with Gasteiger partial charge in [0.15, 0.2) is 0 Å².